The van der Waals surface area contributed by atoms with Crippen LogP contribution < -0.4 is 0 Å². The fourth-order valence-electron chi connectivity index (χ4n) is 3.46. The van der Waals surface area contributed by atoms with E-state index in [1.807, 2.05) is 69.0 Å². The summed E-state index contributed by atoms with van der Waals surface area (Å²) >= 11 is 0. The van der Waals surface area contributed by atoms with E-state index in [1.54, 1.807) is 16.0 Å². The van der Waals surface area contributed by atoms with Crippen LogP contribution in [0, 0.1) is 5.92 Å². The summed E-state index contributed by atoms with van der Waals surface area (Å²) in [6.07, 6.45) is 4.76. The third-order valence-electron chi connectivity index (χ3n) is 4.95. The van der Waals surface area contributed by atoms with Gasteiger partial charge < -0.3 is 14.5 Å². The van der Waals surface area contributed by atoms with Crippen molar-refractivity contribution in [2.24, 2.45) is 5.92 Å². The van der Waals surface area contributed by atoms with Crippen LogP contribution in [0.15, 0.2) is 42.7 Å². The van der Waals surface area contributed by atoms with Crippen molar-refractivity contribution in [2.45, 2.75) is 45.8 Å². The molecule has 1 aromatic heterocycles. The number of hydrogen-bond donors (Lipinski definition) is 0. The third-order valence-corrected chi connectivity index (χ3v) is 4.95. The fraction of sp³-hybridized carbons (Fsp3) is 0.500. The maximum absolute atomic E-state index is 12.8. The summed E-state index contributed by atoms with van der Waals surface area (Å²) in [4.78, 5) is 28.5. The van der Waals surface area contributed by atoms with Crippen LogP contribution >= 0.6 is 0 Å². The molecule has 0 atom stereocenters. The first kappa shape index (κ1) is 20.9. The highest BCUT2D eigenvalue weighted by Crippen LogP contribution is 2.22. The number of carbonyl (C=O) groups excluding carboxylic acids is 2. The number of rotatable bonds is 4. The third kappa shape index (κ3) is 5.59. The van der Waals surface area contributed by atoms with Gasteiger partial charge in [-0.15, -0.1) is 0 Å². The van der Waals surface area contributed by atoms with Crippen LogP contribution in [0.3, 0.4) is 0 Å². The number of ether oxygens (including phenoxy) is 1. The number of hydrogen-bond acceptors (Lipinski definition) is 4. The highest BCUT2D eigenvalue weighted by Gasteiger charge is 2.31. The summed E-state index contributed by atoms with van der Waals surface area (Å²) in [5, 5.41) is 4.39. The van der Waals surface area contributed by atoms with Crippen LogP contribution in [0.2, 0.25) is 0 Å². The molecule has 0 N–H and O–H groups in total. The summed E-state index contributed by atoms with van der Waals surface area (Å²) in [5.41, 5.74) is 1.46. The van der Waals surface area contributed by atoms with Crippen molar-refractivity contribution in [3.8, 4) is 5.69 Å². The number of amides is 2. The Bertz CT molecular complexity index is 833. The molecule has 0 bridgehead atoms. The molecule has 1 aromatic carbocycles. The molecule has 2 heterocycles. The summed E-state index contributed by atoms with van der Waals surface area (Å²) in [5.74, 6) is 0.0455. The van der Waals surface area contributed by atoms with Crippen molar-refractivity contribution in [2.75, 3.05) is 20.1 Å². The Kier molecular flexibility index (Phi) is 6.25. The first-order chi connectivity index (χ1) is 13.7. The van der Waals surface area contributed by atoms with Crippen molar-refractivity contribution >= 4 is 12.0 Å². The lowest BCUT2D eigenvalue weighted by atomic mass is 9.95. The number of likely N-dealkylation sites (tertiary alicyclic amines) is 1. The van der Waals surface area contributed by atoms with Crippen LogP contribution in [-0.2, 0) is 16.1 Å². The van der Waals surface area contributed by atoms with Gasteiger partial charge in [0.05, 0.1) is 11.9 Å². The Balaban J connectivity index is 1.51. The Morgan fingerprint density at radius 2 is 1.83 bits per heavy atom. The van der Waals surface area contributed by atoms with Gasteiger partial charge in [-0.05, 0) is 45.7 Å². The maximum atomic E-state index is 12.8. The van der Waals surface area contributed by atoms with E-state index in [-0.39, 0.29) is 17.9 Å². The summed E-state index contributed by atoms with van der Waals surface area (Å²) in [7, 11) is 1.82. The minimum absolute atomic E-state index is 0.0668. The lowest BCUT2D eigenvalue weighted by Gasteiger charge is -2.34. The minimum atomic E-state index is -0.506. The van der Waals surface area contributed by atoms with E-state index in [0.717, 1.165) is 11.3 Å². The SMILES string of the molecule is CN(Cc1cnn(-c2ccccc2)c1)C(=O)C1CCN(C(=O)OC(C)(C)C)CC1. The van der Waals surface area contributed by atoms with Crippen LogP contribution in [0.5, 0.6) is 0 Å². The second-order valence-corrected chi connectivity index (χ2v) is 8.56. The van der Waals surface area contributed by atoms with Gasteiger partial charge in [0.1, 0.15) is 5.60 Å². The zero-order chi connectivity index (χ0) is 21.0. The van der Waals surface area contributed by atoms with Crippen molar-refractivity contribution in [1.29, 1.82) is 0 Å². The fourth-order valence-corrected chi connectivity index (χ4v) is 3.46. The molecule has 3 rings (SSSR count). The average Bonchev–Trinajstić information content (AvgIpc) is 3.15. The van der Waals surface area contributed by atoms with Crippen LogP contribution in [0.1, 0.15) is 39.2 Å². The smallest absolute Gasteiger partial charge is 0.410 e. The highest BCUT2D eigenvalue weighted by atomic mass is 16.6. The van der Waals surface area contributed by atoms with E-state index < -0.39 is 5.60 Å². The van der Waals surface area contributed by atoms with Crippen molar-refractivity contribution in [1.82, 2.24) is 19.6 Å². The van der Waals surface area contributed by atoms with E-state index >= 15 is 0 Å². The van der Waals surface area contributed by atoms with Gasteiger partial charge in [-0.2, -0.15) is 5.10 Å². The molecular formula is C22H30N4O3. The van der Waals surface area contributed by atoms with Crippen LogP contribution in [0.4, 0.5) is 4.79 Å². The van der Waals surface area contributed by atoms with Gasteiger partial charge in [0.15, 0.2) is 0 Å². The van der Waals surface area contributed by atoms with Crippen LogP contribution in [-0.4, -0.2) is 57.3 Å². The maximum Gasteiger partial charge on any atom is 0.410 e. The van der Waals surface area contributed by atoms with Gasteiger partial charge in [0.2, 0.25) is 5.91 Å². The lowest BCUT2D eigenvalue weighted by Crippen LogP contribution is -2.45. The Labute approximate surface area is 172 Å². The molecule has 29 heavy (non-hydrogen) atoms. The zero-order valence-corrected chi connectivity index (χ0v) is 17.7. The number of benzene rings is 1. The molecule has 0 unspecified atom stereocenters. The van der Waals surface area contributed by atoms with Gasteiger partial charge in [0, 0.05) is 44.4 Å². The Morgan fingerprint density at radius 1 is 1.17 bits per heavy atom. The first-order valence-corrected chi connectivity index (χ1v) is 10.0. The molecule has 2 aromatic rings. The number of carbonyl (C=O) groups is 2. The molecule has 0 aliphatic carbocycles. The van der Waals surface area contributed by atoms with Gasteiger partial charge in [-0.1, -0.05) is 18.2 Å². The molecule has 7 nitrogen and oxygen atoms in total. The summed E-state index contributed by atoms with van der Waals surface area (Å²) < 4.78 is 7.23. The second kappa shape index (κ2) is 8.68. The predicted molar refractivity (Wildman–Crippen MR) is 111 cm³/mol. The molecule has 2 amide bonds. The lowest BCUT2D eigenvalue weighted by molar-refractivity contribution is -0.136. The van der Waals surface area contributed by atoms with Crippen LogP contribution in [0.25, 0.3) is 5.69 Å². The van der Waals surface area contributed by atoms with E-state index in [1.165, 1.54) is 0 Å². The quantitative estimate of drug-likeness (QED) is 0.791. The topological polar surface area (TPSA) is 67.7 Å². The normalized spacial score (nSPS) is 15.2. The first-order valence-electron chi connectivity index (χ1n) is 10.0. The van der Waals surface area contributed by atoms with Gasteiger partial charge in [0.25, 0.3) is 0 Å². The number of aromatic nitrogens is 2. The standard InChI is InChI=1S/C22H30N4O3/c1-22(2,3)29-21(28)25-12-10-18(11-13-25)20(27)24(4)15-17-14-23-26(16-17)19-8-6-5-7-9-19/h5-9,14,16,18H,10-13,15H2,1-4H3. The highest BCUT2D eigenvalue weighted by molar-refractivity contribution is 5.79. The molecule has 1 aliphatic rings. The van der Waals surface area contributed by atoms with Crippen molar-refractivity contribution in [3.63, 3.8) is 0 Å². The minimum Gasteiger partial charge on any atom is -0.444 e. The predicted octanol–water partition coefficient (Wildman–Crippen LogP) is 3.48. The molecule has 156 valence electrons. The molecule has 1 saturated heterocycles. The number of nitrogens with zero attached hydrogens (tertiary/aromatic N) is 4. The average molecular weight is 399 g/mol. The summed E-state index contributed by atoms with van der Waals surface area (Å²) in [6, 6.07) is 9.88. The zero-order valence-electron chi connectivity index (χ0n) is 17.7. The second-order valence-electron chi connectivity index (χ2n) is 8.56. The van der Waals surface area contributed by atoms with Crippen molar-refractivity contribution < 1.29 is 14.3 Å². The number of para-hydroxylation sites is 1. The summed E-state index contributed by atoms with van der Waals surface area (Å²) in [6.45, 7) is 7.18. The van der Waals surface area contributed by atoms with Crippen molar-refractivity contribution in [3.05, 3.63) is 48.3 Å². The van der Waals surface area contributed by atoms with E-state index in [9.17, 15) is 9.59 Å². The van der Waals surface area contributed by atoms with E-state index in [0.29, 0.717) is 32.5 Å². The Morgan fingerprint density at radius 3 is 2.45 bits per heavy atom. The molecule has 7 heteroatoms. The van der Waals surface area contributed by atoms with E-state index in [2.05, 4.69) is 5.10 Å². The molecule has 1 aliphatic heterocycles. The molecule has 1 fully saturated rings. The Hall–Kier alpha value is -2.83. The number of piperidine rings is 1. The van der Waals surface area contributed by atoms with Gasteiger partial charge in [-0.3, -0.25) is 4.79 Å². The monoisotopic (exact) mass is 398 g/mol. The van der Waals surface area contributed by atoms with E-state index in [4.69, 9.17) is 4.74 Å². The molecule has 0 saturated carbocycles. The molecule has 0 spiro atoms. The van der Waals surface area contributed by atoms with Gasteiger partial charge in [-0.25, -0.2) is 9.48 Å². The largest absolute Gasteiger partial charge is 0.444 e. The molecule has 0 radical (unpaired) electrons. The molecular weight excluding hydrogens is 368 g/mol. The van der Waals surface area contributed by atoms with Gasteiger partial charge >= 0.3 is 6.09 Å².